The van der Waals surface area contributed by atoms with E-state index in [0.29, 0.717) is 12.8 Å². The van der Waals surface area contributed by atoms with Crippen LogP contribution in [0.25, 0.3) is 0 Å². The first-order valence-electron chi connectivity index (χ1n) is 19.3. The van der Waals surface area contributed by atoms with E-state index in [0.717, 1.165) is 97.5 Å². The van der Waals surface area contributed by atoms with Crippen molar-refractivity contribution in [1.82, 2.24) is 0 Å². The van der Waals surface area contributed by atoms with Crippen molar-refractivity contribution in [2.75, 3.05) is 73.9 Å². The average molecular weight is 791 g/mol. The van der Waals surface area contributed by atoms with E-state index in [1.807, 2.05) is 84.9 Å². The summed E-state index contributed by atoms with van der Waals surface area (Å²) in [5.74, 6) is -0.473. The van der Waals surface area contributed by atoms with Crippen LogP contribution in [-0.4, -0.2) is 113 Å². The second kappa shape index (κ2) is 22.9. The molecule has 0 spiro atoms. The van der Waals surface area contributed by atoms with E-state index < -0.39 is 24.1 Å². The number of hydrogen-bond donors (Lipinski definition) is 2. The molecular formula is C44H54MgN4O8. The fraction of sp³-hybridized carbons (Fsp3) is 0.409. The third-order valence-corrected chi connectivity index (χ3v) is 9.74. The Labute approximate surface area is 352 Å². The molecule has 13 heteroatoms. The van der Waals surface area contributed by atoms with Crippen LogP contribution < -0.4 is 40.1 Å². The number of carbonyl (C=O) groups excluding carboxylic acids is 2. The number of nitrogens with one attached hydrogen (secondary N) is 2. The molecule has 0 aromatic heterocycles. The average Bonchev–Trinajstić information content (AvgIpc) is 3.20. The maximum Gasteiger partial charge on any atom is 2.00 e. The summed E-state index contributed by atoms with van der Waals surface area (Å²) in [5, 5.41) is 28.7. The summed E-state index contributed by atoms with van der Waals surface area (Å²) in [6.07, 6.45) is 1.13. The van der Waals surface area contributed by atoms with Crippen molar-refractivity contribution in [3.05, 3.63) is 108 Å². The van der Waals surface area contributed by atoms with Gasteiger partial charge in [-0.2, -0.15) is 0 Å². The van der Waals surface area contributed by atoms with Gasteiger partial charge in [-0.05, 0) is 86.3 Å². The van der Waals surface area contributed by atoms with Crippen LogP contribution in [0.2, 0.25) is 0 Å². The number of methoxy groups -OCH3 is 2. The number of anilines is 4. The van der Waals surface area contributed by atoms with Crippen molar-refractivity contribution in [2.24, 2.45) is 0 Å². The molecule has 12 nitrogen and oxygen atoms in total. The zero-order chi connectivity index (χ0) is 39.9. The van der Waals surface area contributed by atoms with Gasteiger partial charge in [-0.1, -0.05) is 48.5 Å². The number of fused-ring (bicyclic) bond motifs is 2. The largest absolute Gasteiger partial charge is 2.00 e. The molecule has 0 radical (unpaired) electrons. The second-order valence-electron chi connectivity index (χ2n) is 14.1. The number of carboxylic acids is 2. The molecule has 0 saturated heterocycles. The second-order valence-corrected chi connectivity index (χ2v) is 14.1. The molecule has 2 unspecified atom stereocenters. The summed E-state index contributed by atoms with van der Waals surface area (Å²) >= 11 is 0. The van der Waals surface area contributed by atoms with Crippen LogP contribution in [0, 0.1) is 0 Å². The number of carboxylic acid groups (broad SMARTS) is 2. The number of aliphatic carboxylic acids is 2. The number of hydrogen-bond acceptors (Lipinski definition) is 12. The third-order valence-electron chi connectivity index (χ3n) is 9.74. The minimum atomic E-state index is -1.19. The standard InChI is InChI=1S/2C22H28N2O4.Mg/c2*1-16-15-24(19-6-3-4-7-20(19)28-16)13-5-12-23-18-10-8-17(9-11-18)14-21(27-2)22(25)26;/h2*3-4,6-11,16,21,23H,5,12-15H2,1-2H3,(H,25,26);/q;;+2/p-2/t2*16?,21-;/m00./s1. The Kier molecular flexibility index (Phi) is 18.1. The van der Waals surface area contributed by atoms with E-state index in [4.69, 9.17) is 18.9 Å². The maximum atomic E-state index is 10.9. The van der Waals surface area contributed by atoms with Crippen LogP contribution in [0.4, 0.5) is 22.7 Å². The van der Waals surface area contributed by atoms with E-state index in [1.165, 1.54) is 14.2 Å². The van der Waals surface area contributed by atoms with Gasteiger partial charge < -0.3 is 59.2 Å². The predicted molar refractivity (Wildman–Crippen MR) is 221 cm³/mol. The molecule has 4 aromatic carbocycles. The summed E-state index contributed by atoms with van der Waals surface area (Å²) in [7, 11) is 2.76. The molecule has 0 aliphatic carbocycles. The van der Waals surface area contributed by atoms with E-state index in [-0.39, 0.29) is 35.3 Å². The smallest absolute Gasteiger partial charge is 0.547 e. The molecule has 6 rings (SSSR count). The molecule has 0 fully saturated rings. The fourth-order valence-corrected chi connectivity index (χ4v) is 6.86. The normalized spacial score (nSPS) is 16.5. The zero-order valence-corrected chi connectivity index (χ0v) is 34.9. The molecule has 4 aromatic rings. The quantitative estimate of drug-likeness (QED) is 0.112. The van der Waals surface area contributed by atoms with E-state index >= 15 is 0 Å². The number of benzene rings is 4. The molecule has 2 heterocycles. The Hall–Kier alpha value is -4.69. The molecule has 2 aliphatic rings. The monoisotopic (exact) mass is 790 g/mol. The molecule has 4 atom stereocenters. The van der Waals surface area contributed by atoms with Gasteiger partial charge in [-0.15, -0.1) is 0 Å². The Morgan fingerprint density at radius 3 is 1.37 bits per heavy atom. The van der Waals surface area contributed by atoms with Crippen LogP contribution in [-0.2, 0) is 31.9 Å². The summed E-state index contributed by atoms with van der Waals surface area (Å²) in [6, 6.07) is 31.8. The van der Waals surface area contributed by atoms with Crippen LogP contribution in [0.1, 0.15) is 37.8 Å². The van der Waals surface area contributed by atoms with Gasteiger partial charge in [0.25, 0.3) is 0 Å². The molecule has 0 amide bonds. The molecule has 2 aliphatic heterocycles. The van der Waals surface area contributed by atoms with Crippen molar-refractivity contribution in [3.8, 4) is 11.5 Å². The topological polar surface area (TPSA) is 148 Å². The summed E-state index contributed by atoms with van der Waals surface area (Å²) in [4.78, 5) is 26.6. The molecule has 2 N–H and O–H groups in total. The van der Waals surface area contributed by atoms with Gasteiger partial charge in [0, 0.05) is 64.6 Å². The number of carbonyl (C=O) groups is 2. The molecule has 0 saturated carbocycles. The van der Waals surface area contributed by atoms with Crippen LogP contribution in [0.5, 0.6) is 11.5 Å². The zero-order valence-electron chi connectivity index (χ0n) is 33.5. The van der Waals surface area contributed by atoms with Gasteiger partial charge >= 0.3 is 23.1 Å². The summed E-state index contributed by atoms with van der Waals surface area (Å²) in [6.45, 7) is 9.60. The first-order valence-corrected chi connectivity index (χ1v) is 19.3. The van der Waals surface area contributed by atoms with Crippen LogP contribution in [0.15, 0.2) is 97.1 Å². The number of para-hydroxylation sites is 4. The molecule has 57 heavy (non-hydrogen) atoms. The Morgan fingerprint density at radius 2 is 1.02 bits per heavy atom. The van der Waals surface area contributed by atoms with Crippen molar-refractivity contribution >= 4 is 57.7 Å². The van der Waals surface area contributed by atoms with Gasteiger partial charge in [0.1, 0.15) is 35.9 Å². The predicted octanol–water partition coefficient (Wildman–Crippen LogP) is 3.79. The minimum absolute atomic E-state index is 0. The first-order chi connectivity index (χ1) is 27.1. The van der Waals surface area contributed by atoms with Gasteiger partial charge in [-0.25, -0.2) is 0 Å². The van der Waals surface area contributed by atoms with Crippen molar-refractivity contribution < 1.29 is 38.7 Å². The van der Waals surface area contributed by atoms with E-state index in [9.17, 15) is 19.8 Å². The Balaban J connectivity index is 0.000000248. The number of nitrogens with zero attached hydrogens (tertiary/aromatic N) is 2. The van der Waals surface area contributed by atoms with Gasteiger partial charge in [0.05, 0.1) is 36.4 Å². The molecule has 0 bridgehead atoms. The molecule has 300 valence electrons. The number of rotatable bonds is 18. The summed E-state index contributed by atoms with van der Waals surface area (Å²) < 4.78 is 21.6. The van der Waals surface area contributed by atoms with E-state index in [2.05, 4.69) is 46.4 Å². The SMILES string of the molecule is CO[C@@H](Cc1ccc(NCCCN2CC(C)Oc3ccccc32)cc1)C(=O)[O-].CO[C@@H](Cc1ccc(NCCCN2CC(C)Oc3ccccc32)cc1)C(=O)[O-].[Mg+2]. The maximum absolute atomic E-state index is 10.9. The van der Waals surface area contributed by atoms with Crippen molar-refractivity contribution in [3.63, 3.8) is 0 Å². The van der Waals surface area contributed by atoms with Crippen molar-refractivity contribution in [2.45, 2.75) is 63.9 Å². The van der Waals surface area contributed by atoms with Gasteiger partial charge in [-0.3, -0.25) is 0 Å². The Morgan fingerprint density at radius 1 is 0.649 bits per heavy atom. The minimum Gasteiger partial charge on any atom is -0.547 e. The van der Waals surface area contributed by atoms with E-state index in [1.54, 1.807) is 0 Å². The van der Waals surface area contributed by atoms with Crippen LogP contribution >= 0.6 is 0 Å². The number of ether oxygens (including phenoxy) is 4. The van der Waals surface area contributed by atoms with Crippen molar-refractivity contribution in [1.29, 1.82) is 0 Å². The third kappa shape index (κ3) is 13.7. The van der Waals surface area contributed by atoms with Crippen LogP contribution in [0.3, 0.4) is 0 Å². The molecular weight excluding hydrogens is 737 g/mol. The Bertz CT molecular complexity index is 1700. The van der Waals surface area contributed by atoms with Gasteiger partial charge in [0.15, 0.2) is 0 Å². The van der Waals surface area contributed by atoms with Gasteiger partial charge in [0.2, 0.25) is 0 Å². The summed E-state index contributed by atoms with van der Waals surface area (Å²) in [5.41, 5.74) is 6.15. The first kappa shape index (κ1) is 45.0. The fourth-order valence-electron chi connectivity index (χ4n) is 6.86.